The number of para-hydroxylation sites is 1. The Morgan fingerprint density at radius 2 is 1.61 bits per heavy atom. The van der Waals surface area contributed by atoms with Gasteiger partial charge in [0.1, 0.15) is 11.5 Å². The number of piperidine rings is 1. The number of amides is 1. The molecule has 0 spiro atoms. The number of hydrogen-bond acceptors (Lipinski definition) is 4. The number of nitrogens with zero attached hydrogens (tertiary/aromatic N) is 1. The molecule has 2 aromatic rings. The Labute approximate surface area is 166 Å². The zero-order chi connectivity index (χ0) is 20.1. The van der Waals surface area contributed by atoms with Crippen molar-refractivity contribution in [2.45, 2.75) is 26.7 Å². The standard InChI is InChI=1S/C23H27NO4/c1-16-5-4-6-17(2)23(16)28-15-21(25)24-13-11-19(12-14-24)22(26)18-7-9-20(27-3)10-8-18/h4-10,19H,11-15H2,1-3H3. The summed E-state index contributed by atoms with van der Waals surface area (Å²) in [5.41, 5.74) is 2.75. The molecule has 148 valence electrons. The highest BCUT2D eigenvalue weighted by atomic mass is 16.5. The van der Waals surface area contributed by atoms with Gasteiger partial charge in [0.15, 0.2) is 12.4 Å². The lowest BCUT2D eigenvalue weighted by atomic mass is 9.89. The van der Waals surface area contributed by atoms with E-state index in [2.05, 4.69) is 0 Å². The number of carbonyl (C=O) groups is 2. The lowest BCUT2D eigenvalue weighted by molar-refractivity contribution is -0.134. The maximum absolute atomic E-state index is 12.7. The maximum Gasteiger partial charge on any atom is 0.260 e. The van der Waals surface area contributed by atoms with E-state index in [4.69, 9.17) is 9.47 Å². The van der Waals surface area contributed by atoms with E-state index in [-0.39, 0.29) is 24.2 Å². The molecule has 0 unspecified atom stereocenters. The largest absolute Gasteiger partial charge is 0.497 e. The van der Waals surface area contributed by atoms with Gasteiger partial charge in [-0.05, 0) is 62.1 Å². The topological polar surface area (TPSA) is 55.8 Å². The first-order chi connectivity index (χ1) is 13.5. The third kappa shape index (κ3) is 4.53. The second-order valence-electron chi connectivity index (χ2n) is 7.26. The van der Waals surface area contributed by atoms with Crippen molar-refractivity contribution in [3.05, 3.63) is 59.2 Å². The molecule has 5 nitrogen and oxygen atoms in total. The Morgan fingerprint density at radius 1 is 1.00 bits per heavy atom. The van der Waals surface area contributed by atoms with Gasteiger partial charge < -0.3 is 14.4 Å². The van der Waals surface area contributed by atoms with E-state index in [9.17, 15) is 9.59 Å². The predicted molar refractivity (Wildman–Crippen MR) is 108 cm³/mol. The summed E-state index contributed by atoms with van der Waals surface area (Å²) in [6.07, 6.45) is 1.36. The molecule has 0 radical (unpaired) electrons. The predicted octanol–water partition coefficient (Wildman–Crippen LogP) is 3.81. The van der Waals surface area contributed by atoms with Gasteiger partial charge in [-0.25, -0.2) is 0 Å². The van der Waals surface area contributed by atoms with Crippen LogP contribution >= 0.6 is 0 Å². The van der Waals surface area contributed by atoms with Gasteiger partial charge in [0.05, 0.1) is 7.11 Å². The highest BCUT2D eigenvalue weighted by Crippen LogP contribution is 2.25. The Morgan fingerprint density at radius 3 is 2.18 bits per heavy atom. The van der Waals surface area contributed by atoms with Crippen LogP contribution < -0.4 is 9.47 Å². The first-order valence-corrected chi connectivity index (χ1v) is 9.64. The lowest BCUT2D eigenvalue weighted by Gasteiger charge is -2.31. The molecule has 0 atom stereocenters. The summed E-state index contributed by atoms with van der Waals surface area (Å²) in [5, 5.41) is 0. The van der Waals surface area contributed by atoms with Crippen molar-refractivity contribution in [2.75, 3.05) is 26.8 Å². The van der Waals surface area contributed by atoms with E-state index in [1.165, 1.54) is 0 Å². The minimum Gasteiger partial charge on any atom is -0.497 e. The minimum atomic E-state index is -0.0445. The quantitative estimate of drug-likeness (QED) is 0.714. The van der Waals surface area contributed by atoms with Crippen LogP contribution in [0.4, 0.5) is 0 Å². The number of benzene rings is 2. The SMILES string of the molecule is COc1ccc(C(=O)C2CCN(C(=O)COc3c(C)cccc3C)CC2)cc1. The van der Waals surface area contributed by atoms with Crippen LogP contribution in [0.15, 0.2) is 42.5 Å². The number of methoxy groups -OCH3 is 1. The third-order valence-corrected chi connectivity index (χ3v) is 5.34. The van der Waals surface area contributed by atoms with Gasteiger partial charge in [-0.15, -0.1) is 0 Å². The van der Waals surface area contributed by atoms with Crippen LogP contribution in [0.2, 0.25) is 0 Å². The first kappa shape index (κ1) is 19.9. The average Bonchev–Trinajstić information content (AvgIpc) is 2.73. The van der Waals surface area contributed by atoms with Crippen molar-refractivity contribution in [3.63, 3.8) is 0 Å². The molecule has 1 heterocycles. The Balaban J connectivity index is 1.51. The monoisotopic (exact) mass is 381 g/mol. The smallest absolute Gasteiger partial charge is 0.260 e. The Bertz CT molecular complexity index is 816. The van der Waals surface area contributed by atoms with Gasteiger partial charge in [0.25, 0.3) is 5.91 Å². The summed E-state index contributed by atoms with van der Waals surface area (Å²) in [7, 11) is 1.60. The molecule has 1 aliphatic heterocycles. The van der Waals surface area contributed by atoms with Gasteiger partial charge in [0.2, 0.25) is 0 Å². The molecule has 0 saturated carbocycles. The Kier molecular flexibility index (Phi) is 6.34. The van der Waals surface area contributed by atoms with Crippen molar-refractivity contribution < 1.29 is 19.1 Å². The second kappa shape index (κ2) is 8.91. The fraction of sp³-hybridized carbons (Fsp3) is 0.391. The van der Waals surface area contributed by atoms with Crippen molar-refractivity contribution in [1.82, 2.24) is 4.90 Å². The van der Waals surface area contributed by atoms with E-state index >= 15 is 0 Å². The summed E-state index contributed by atoms with van der Waals surface area (Å²) in [5.74, 6) is 1.58. The van der Waals surface area contributed by atoms with Crippen LogP contribution in [-0.2, 0) is 4.79 Å². The van der Waals surface area contributed by atoms with Gasteiger partial charge >= 0.3 is 0 Å². The number of ether oxygens (including phenoxy) is 2. The van der Waals surface area contributed by atoms with Gasteiger partial charge in [-0.2, -0.15) is 0 Å². The molecule has 1 saturated heterocycles. The zero-order valence-corrected chi connectivity index (χ0v) is 16.7. The molecule has 2 aromatic carbocycles. The zero-order valence-electron chi connectivity index (χ0n) is 16.7. The highest BCUT2D eigenvalue weighted by molar-refractivity contribution is 5.98. The van der Waals surface area contributed by atoms with E-state index in [1.54, 1.807) is 36.3 Å². The summed E-state index contributed by atoms with van der Waals surface area (Å²) in [6, 6.07) is 13.1. The van der Waals surface area contributed by atoms with Crippen LogP contribution in [-0.4, -0.2) is 43.4 Å². The summed E-state index contributed by atoms with van der Waals surface area (Å²) >= 11 is 0. The summed E-state index contributed by atoms with van der Waals surface area (Å²) in [6.45, 7) is 5.15. The highest BCUT2D eigenvalue weighted by Gasteiger charge is 2.28. The fourth-order valence-electron chi connectivity index (χ4n) is 3.63. The Hall–Kier alpha value is -2.82. The third-order valence-electron chi connectivity index (χ3n) is 5.34. The van der Waals surface area contributed by atoms with Crippen LogP contribution in [0.1, 0.15) is 34.3 Å². The molecule has 1 aliphatic rings. The molecule has 28 heavy (non-hydrogen) atoms. The summed E-state index contributed by atoms with van der Waals surface area (Å²) < 4.78 is 10.9. The minimum absolute atomic E-state index is 0.0296. The number of ketones is 1. The maximum atomic E-state index is 12.7. The molecule has 3 rings (SSSR count). The van der Waals surface area contributed by atoms with Crippen molar-refractivity contribution in [3.8, 4) is 11.5 Å². The van der Waals surface area contributed by atoms with Gasteiger partial charge in [-0.3, -0.25) is 9.59 Å². The van der Waals surface area contributed by atoms with Crippen LogP contribution in [0, 0.1) is 19.8 Å². The average molecular weight is 381 g/mol. The molecule has 1 amide bonds. The van der Waals surface area contributed by atoms with E-state index in [0.29, 0.717) is 31.5 Å². The van der Waals surface area contributed by atoms with Crippen LogP contribution in [0.3, 0.4) is 0 Å². The number of aryl methyl sites for hydroxylation is 2. The van der Waals surface area contributed by atoms with Gasteiger partial charge in [-0.1, -0.05) is 18.2 Å². The van der Waals surface area contributed by atoms with E-state index < -0.39 is 0 Å². The van der Waals surface area contributed by atoms with E-state index in [0.717, 1.165) is 22.6 Å². The molecular formula is C23H27NO4. The normalized spacial score (nSPS) is 14.6. The fourth-order valence-corrected chi connectivity index (χ4v) is 3.63. The van der Waals surface area contributed by atoms with Crippen LogP contribution in [0.25, 0.3) is 0 Å². The van der Waals surface area contributed by atoms with Gasteiger partial charge in [0, 0.05) is 24.6 Å². The number of likely N-dealkylation sites (tertiary alicyclic amines) is 1. The molecule has 0 aromatic heterocycles. The lowest BCUT2D eigenvalue weighted by Crippen LogP contribution is -2.42. The molecular weight excluding hydrogens is 354 g/mol. The van der Waals surface area contributed by atoms with Crippen molar-refractivity contribution >= 4 is 11.7 Å². The van der Waals surface area contributed by atoms with E-state index in [1.807, 2.05) is 32.0 Å². The number of hydrogen-bond donors (Lipinski definition) is 0. The second-order valence-corrected chi connectivity index (χ2v) is 7.26. The van der Waals surface area contributed by atoms with Crippen molar-refractivity contribution in [1.29, 1.82) is 0 Å². The number of carbonyl (C=O) groups excluding carboxylic acids is 2. The molecule has 0 N–H and O–H groups in total. The number of rotatable bonds is 6. The molecule has 5 heteroatoms. The van der Waals surface area contributed by atoms with Crippen molar-refractivity contribution in [2.24, 2.45) is 5.92 Å². The first-order valence-electron chi connectivity index (χ1n) is 9.64. The molecule has 1 fully saturated rings. The van der Waals surface area contributed by atoms with Crippen LogP contribution in [0.5, 0.6) is 11.5 Å². The summed E-state index contributed by atoms with van der Waals surface area (Å²) in [4.78, 5) is 27.0. The molecule has 0 bridgehead atoms. The number of Topliss-reactive ketones (excluding diaryl/α,β-unsaturated/α-hetero) is 1. The molecule has 0 aliphatic carbocycles.